The molecule has 1 heterocycles. The fourth-order valence-corrected chi connectivity index (χ4v) is 2.10. The van der Waals surface area contributed by atoms with Crippen LogP contribution in [0.5, 0.6) is 0 Å². The van der Waals surface area contributed by atoms with Crippen molar-refractivity contribution in [2.24, 2.45) is 11.5 Å². The second-order valence-corrected chi connectivity index (χ2v) is 6.67. The summed E-state index contributed by atoms with van der Waals surface area (Å²) < 4.78 is 22.5. The Balaban J connectivity index is 0. The highest BCUT2D eigenvalue weighted by Crippen LogP contribution is 1.94. The van der Waals surface area contributed by atoms with Gasteiger partial charge in [-0.3, -0.25) is 0 Å². The molecule has 224 valence electrons. The molecule has 18 nitrogen and oxygen atoms in total. The van der Waals surface area contributed by atoms with Gasteiger partial charge in [-0.05, 0) is 0 Å². The van der Waals surface area contributed by atoms with E-state index in [9.17, 15) is 19.2 Å². The molecule has 38 heavy (non-hydrogen) atoms. The average Bonchev–Trinajstić information content (AvgIpc) is 3.40. The Bertz CT molecular complexity index is 579. The lowest BCUT2D eigenvalue weighted by molar-refractivity contribution is 0.0826. The van der Waals surface area contributed by atoms with E-state index in [1.54, 1.807) is 0 Å². The summed E-state index contributed by atoms with van der Waals surface area (Å²) in [7, 11) is 0. The van der Waals surface area contributed by atoms with Crippen molar-refractivity contribution >= 4 is 24.4 Å². The number of ether oxygens (including phenoxy) is 5. The quantitative estimate of drug-likeness (QED) is 0.0519. The van der Waals surface area contributed by atoms with E-state index < -0.39 is 24.4 Å². The van der Waals surface area contributed by atoms with Crippen LogP contribution in [0.1, 0.15) is 0 Å². The molecule has 0 aromatic rings. The Morgan fingerprint density at radius 2 is 1.18 bits per heavy atom. The average molecular weight is 559 g/mol. The number of alkyl carbamates (subject to hydrolysis) is 2. The maximum absolute atomic E-state index is 11.8. The number of nitrogens with one attached hydrogen (secondary N) is 3. The Kier molecular flexibility index (Phi) is 27.7. The minimum absolute atomic E-state index is 0.0491. The predicted molar refractivity (Wildman–Crippen MR) is 131 cm³/mol. The molecule has 0 aromatic heterocycles. The fraction of sp³-hybridized carbons (Fsp3) is 0.800. The number of aliphatic hydroxyl groups excluding tert-OH is 3. The Morgan fingerprint density at radius 1 is 0.763 bits per heavy atom. The summed E-state index contributed by atoms with van der Waals surface area (Å²) in [6.45, 7) is 2.77. The summed E-state index contributed by atoms with van der Waals surface area (Å²) >= 11 is 0. The van der Waals surface area contributed by atoms with Crippen LogP contribution in [0.15, 0.2) is 0 Å². The first-order chi connectivity index (χ1) is 18.4. The van der Waals surface area contributed by atoms with Crippen molar-refractivity contribution in [1.82, 2.24) is 20.9 Å². The SMILES string of the molecule is NCCNCCN.O=C(NCCN(CCNC(=O)OCCO)C(=O)OCCO)OCCO.O=C1OCCO1. The maximum Gasteiger partial charge on any atom is 0.508 e. The van der Waals surface area contributed by atoms with Crippen LogP contribution in [0, 0.1) is 0 Å². The lowest BCUT2D eigenvalue weighted by Crippen LogP contribution is -2.43. The number of hydrogen-bond donors (Lipinski definition) is 8. The molecule has 1 aliphatic heterocycles. The van der Waals surface area contributed by atoms with Crippen molar-refractivity contribution in [1.29, 1.82) is 0 Å². The minimum atomic E-state index is -0.747. The van der Waals surface area contributed by atoms with Crippen molar-refractivity contribution in [3.8, 4) is 0 Å². The van der Waals surface area contributed by atoms with E-state index in [0.717, 1.165) is 13.1 Å². The molecule has 1 rings (SSSR count). The van der Waals surface area contributed by atoms with Gasteiger partial charge in [0, 0.05) is 52.4 Å². The van der Waals surface area contributed by atoms with Gasteiger partial charge in [-0.25, -0.2) is 19.2 Å². The van der Waals surface area contributed by atoms with E-state index in [4.69, 9.17) is 31.5 Å². The van der Waals surface area contributed by atoms with Crippen LogP contribution < -0.4 is 27.4 Å². The van der Waals surface area contributed by atoms with E-state index in [1.165, 1.54) is 4.90 Å². The molecule has 10 N–H and O–H groups in total. The van der Waals surface area contributed by atoms with Crippen LogP contribution in [-0.4, -0.2) is 150 Å². The van der Waals surface area contributed by atoms with E-state index in [-0.39, 0.29) is 65.8 Å². The Labute approximate surface area is 220 Å². The first-order valence-electron chi connectivity index (χ1n) is 11.8. The molecule has 0 spiro atoms. The van der Waals surface area contributed by atoms with Crippen molar-refractivity contribution in [3.63, 3.8) is 0 Å². The zero-order chi connectivity index (χ0) is 28.9. The van der Waals surface area contributed by atoms with Crippen molar-refractivity contribution in [2.75, 3.05) is 105 Å². The van der Waals surface area contributed by atoms with Gasteiger partial charge >= 0.3 is 24.4 Å². The Morgan fingerprint density at radius 3 is 1.53 bits per heavy atom. The van der Waals surface area contributed by atoms with Gasteiger partial charge in [0.25, 0.3) is 0 Å². The van der Waals surface area contributed by atoms with Crippen LogP contribution in [0.4, 0.5) is 19.2 Å². The zero-order valence-corrected chi connectivity index (χ0v) is 21.4. The number of nitrogens with two attached hydrogens (primary N) is 2. The summed E-state index contributed by atoms with van der Waals surface area (Å²) in [5.41, 5.74) is 10.3. The first kappa shape index (κ1) is 37.0. The predicted octanol–water partition coefficient (Wildman–Crippen LogP) is -3.50. The molecule has 1 saturated heterocycles. The number of aliphatic hydroxyl groups is 3. The largest absolute Gasteiger partial charge is 0.508 e. The molecule has 0 radical (unpaired) electrons. The summed E-state index contributed by atoms with van der Waals surface area (Å²) in [5, 5.41) is 33.5. The monoisotopic (exact) mass is 558 g/mol. The number of cyclic esters (lactones) is 2. The molecule has 1 fully saturated rings. The van der Waals surface area contributed by atoms with Crippen molar-refractivity contribution in [2.45, 2.75) is 0 Å². The second-order valence-electron chi connectivity index (χ2n) is 6.67. The van der Waals surface area contributed by atoms with Crippen LogP contribution in [0.25, 0.3) is 0 Å². The van der Waals surface area contributed by atoms with Gasteiger partial charge in [-0.15, -0.1) is 0 Å². The van der Waals surface area contributed by atoms with Crippen molar-refractivity contribution in [3.05, 3.63) is 0 Å². The fourth-order valence-electron chi connectivity index (χ4n) is 2.10. The summed E-state index contributed by atoms with van der Waals surface area (Å²) in [6, 6.07) is 0. The topological polar surface area (TPSA) is 266 Å². The zero-order valence-electron chi connectivity index (χ0n) is 21.4. The van der Waals surface area contributed by atoms with Crippen LogP contribution in [0.3, 0.4) is 0 Å². The Hall–Kier alpha value is -3.16. The summed E-state index contributed by atoms with van der Waals surface area (Å²) in [5.74, 6) is 0. The van der Waals surface area contributed by atoms with E-state index in [2.05, 4.69) is 34.9 Å². The van der Waals surface area contributed by atoms with Crippen LogP contribution >= 0.6 is 0 Å². The molecule has 0 aromatic carbocycles. The molecule has 3 amide bonds. The van der Waals surface area contributed by atoms with Gasteiger partial charge in [0.15, 0.2) is 0 Å². The van der Waals surface area contributed by atoms with Gasteiger partial charge in [0.1, 0.15) is 33.0 Å². The third-order valence-electron chi connectivity index (χ3n) is 3.69. The van der Waals surface area contributed by atoms with Gasteiger partial charge in [0.2, 0.25) is 0 Å². The van der Waals surface area contributed by atoms with Gasteiger partial charge in [-0.2, -0.15) is 0 Å². The normalized spacial score (nSPS) is 11.3. The summed E-state index contributed by atoms with van der Waals surface area (Å²) in [4.78, 5) is 45.3. The summed E-state index contributed by atoms with van der Waals surface area (Å²) in [6.07, 6.45) is -2.77. The van der Waals surface area contributed by atoms with Crippen LogP contribution in [-0.2, 0) is 23.7 Å². The molecular formula is C20H42N6O12. The molecular weight excluding hydrogens is 516 g/mol. The van der Waals surface area contributed by atoms with E-state index in [0.29, 0.717) is 26.3 Å². The van der Waals surface area contributed by atoms with Gasteiger partial charge in [-0.1, -0.05) is 0 Å². The standard InChI is InChI=1S/C13H25N3O9.C4H13N3.C3H4O3/c17-5-8-23-11(20)14-1-3-16(13(22)25-10-7-19)4-2-15-12(21)24-9-6-18;5-1-3-7-4-2-6;4-3-5-1-2-6-3/h17-19H,1-10H2,(H,14,20)(H,15,21);7H,1-6H2;1-2H2. The number of amides is 3. The molecule has 0 atom stereocenters. The molecule has 18 heteroatoms. The number of hydrogen-bond acceptors (Lipinski definition) is 15. The van der Waals surface area contributed by atoms with E-state index in [1.807, 2.05) is 0 Å². The number of carbonyl (C=O) groups excluding carboxylic acids is 4. The third kappa shape index (κ3) is 25.9. The lowest BCUT2D eigenvalue weighted by Gasteiger charge is -2.22. The first-order valence-corrected chi connectivity index (χ1v) is 11.8. The maximum atomic E-state index is 11.8. The van der Waals surface area contributed by atoms with Gasteiger partial charge < -0.3 is 71.3 Å². The van der Waals surface area contributed by atoms with E-state index >= 15 is 0 Å². The van der Waals surface area contributed by atoms with Crippen molar-refractivity contribution < 1.29 is 58.2 Å². The second kappa shape index (κ2) is 28.4. The highest BCUT2D eigenvalue weighted by Gasteiger charge is 2.15. The molecule has 0 saturated carbocycles. The molecule has 0 aliphatic carbocycles. The number of carbonyl (C=O) groups is 4. The van der Waals surface area contributed by atoms with Crippen LogP contribution in [0.2, 0.25) is 0 Å². The minimum Gasteiger partial charge on any atom is -0.447 e. The molecule has 0 bridgehead atoms. The van der Waals surface area contributed by atoms with Gasteiger partial charge in [0.05, 0.1) is 19.8 Å². The number of rotatable bonds is 16. The third-order valence-corrected chi connectivity index (χ3v) is 3.69. The lowest BCUT2D eigenvalue weighted by atomic mass is 10.5. The highest BCUT2D eigenvalue weighted by atomic mass is 16.8. The molecule has 0 unspecified atom stereocenters. The number of nitrogens with zero attached hydrogens (tertiary/aromatic N) is 1. The molecule has 1 aliphatic rings. The smallest absolute Gasteiger partial charge is 0.447 e. The highest BCUT2D eigenvalue weighted by molar-refractivity contribution is 5.69.